The van der Waals surface area contributed by atoms with E-state index in [0.717, 1.165) is 47.6 Å². The number of piperidine rings is 1. The van der Waals surface area contributed by atoms with E-state index in [9.17, 15) is 13.6 Å². The summed E-state index contributed by atoms with van der Waals surface area (Å²) in [5, 5.41) is 0. The molecule has 1 fully saturated rings. The second-order valence-electron chi connectivity index (χ2n) is 9.17. The summed E-state index contributed by atoms with van der Waals surface area (Å²) < 4.78 is 26.8. The first-order valence-electron chi connectivity index (χ1n) is 10.8. The molecule has 0 bridgehead atoms. The molecule has 0 atom stereocenters. The van der Waals surface area contributed by atoms with Crippen molar-refractivity contribution in [3.8, 4) is 11.1 Å². The van der Waals surface area contributed by atoms with E-state index in [1.54, 1.807) is 17.3 Å². The summed E-state index contributed by atoms with van der Waals surface area (Å²) in [4.78, 5) is 28.2. The third kappa shape index (κ3) is 4.52. The first-order valence-corrected chi connectivity index (χ1v) is 10.8. The van der Waals surface area contributed by atoms with Crippen LogP contribution in [0.15, 0.2) is 48.9 Å². The number of hydrogen-bond donors (Lipinski definition) is 0. The Hall–Kier alpha value is -3.22. The number of rotatable bonds is 3. The van der Waals surface area contributed by atoms with Crippen LogP contribution in [0.1, 0.15) is 61.4 Å². The molecule has 2 aromatic heterocycles. The molecule has 1 aliphatic rings. The van der Waals surface area contributed by atoms with Crippen LogP contribution in [-0.4, -0.2) is 38.8 Å². The highest BCUT2D eigenvalue weighted by molar-refractivity contribution is 5.94. The van der Waals surface area contributed by atoms with Crippen molar-refractivity contribution in [1.82, 2.24) is 19.9 Å². The van der Waals surface area contributed by atoms with Gasteiger partial charge in [-0.2, -0.15) is 0 Å². The lowest BCUT2D eigenvalue weighted by molar-refractivity contribution is 0.0711. The molecule has 5 nitrogen and oxygen atoms in total. The Labute approximate surface area is 186 Å². The molecule has 0 unspecified atom stereocenters. The maximum atomic E-state index is 13.6. The minimum absolute atomic E-state index is 0.163. The molecule has 3 heterocycles. The zero-order valence-corrected chi connectivity index (χ0v) is 18.5. The lowest BCUT2D eigenvalue weighted by Gasteiger charge is -2.33. The molecule has 3 aromatic rings. The van der Waals surface area contributed by atoms with Gasteiger partial charge in [0.25, 0.3) is 5.91 Å². The van der Waals surface area contributed by atoms with Crippen molar-refractivity contribution < 1.29 is 13.6 Å². The van der Waals surface area contributed by atoms with Gasteiger partial charge in [0.2, 0.25) is 0 Å². The molecule has 0 radical (unpaired) electrons. The van der Waals surface area contributed by atoms with Gasteiger partial charge in [-0.15, -0.1) is 0 Å². The normalized spacial score (nSPS) is 15.1. The summed E-state index contributed by atoms with van der Waals surface area (Å²) in [5.41, 5.74) is 2.95. The largest absolute Gasteiger partial charge is 0.339 e. The Morgan fingerprint density at radius 3 is 2.34 bits per heavy atom. The van der Waals surface area contributed by atoms with Crippen LogP contribution in [0.25, 0.3) is 11.1 Å². The maximum absolute atomic E-state index is 13.6. The average Bonchev–Trinajstić information content (AvgIpc) is 2.80. The smallest absolute Gasteiger partial charge is 0.253 e. The highest BCUT2D eigenvalue weighted by Crippen LogP contribution is 2.35. The third-order valence-corrected chi connectivity index (χ3v) is 5.82. The van der Waals surface area contributed by atoms with E-state index >= 15 is 0 Å². The van der Waals surface area contributed by atoms with Crippen molar-refractivity contribution in [3.63, 3.8) is 0 Å². The van der Waals surface area contributed by atoms with Gasteiger partial charge in [0, 0.05) is 54.1 Å². The summed E-state index contributed by atoms with van der Waals surface area (Å²) in [5.74, 6) is -1.30. The van der Waals surface area contributed by atoms with Crippen molar-refractivity contribution in [1.29, 1.82) is 0 Å². The first-order chi connectivity index (χ1) is 15.2. The Morgan fingerprint density at radius 1 is 1.03 bits per heavy atom. The number of amides is 1. The van der Waals surface area contributed by atoms with Crippen LogP contribution in [0.2, 0.25) is 0 Å². The number of hydrogen-bond acceptors (Lipinski definition) is 4. The number of nitrogens with zero attached hydrogens (tertiary/aromatic N) is 4. The number of pyridine rings is 1. The van der Waals surface area contributed by atoms with Gasteiger partial charge < -0.3 is 4.90 Å². The Kier molecular flexibility index (Phi) is 6.00. The van der Waals surface area contributed by atoms with E-state index in [-0.39, 0.29) is 22.8 Å². The molecular formula is C25H26F2N4O. The molecule has 1 aliphatic heterocycles. The predicted molar refractivity (Wildman–Crippen MR) is 118 cm³/mol. The second kappa shape index (κ2) is 8.73. The summed E-state index contributed by atoms with van der Waals surface area (Å²) in [6, 6.07) is 7.17. The first kappa shape index (κ1) is 22.0. The average molecular weight is 437 g/mol. The van der Waals surface area contributed by atoms with Crippen LogP contribution in [0, 0.1) is 11.6 Å². The summed E-state index contributed by atoms with van der Waals surface area (Å²) in [7, 11) is 0. The summed E-state index contributed by atoms with van der Waals surface area (Å²) >= 11 is 0. The minimum Gasteiger partial charge on any atom is -0.339 e. The molecular weight excluding hydrogens is 410 g/mol. The van der Waals surface area contributed by atoms with Gasteiger partial charge in [0.05, 0.1) is 5.69 Å². The molecule has 0 N–H and O–H groups in total. The van der Waals surface area contributed by atoms with Gasteiger partial charge in [-0.1, -0.05) is 20.8 Å². The third-order valence-electron chi connectivity index (χ3n) is 5.82. The lowest BCUT2D eigenvalue weighted by Crippen LogP contribution is -2.38. The number of aromatic nitrogens is 3. The van der Waals surface area contributed by atoms with Gasteiger partial charge in [0.1, 0.15) is 5.82 Å². The van der Waals surface area contributed by atoms with Crippen molar-refractivity contribution >= 4 is 5.91 Å². The summed E-state index contributed by atoms with van der Waals surface area (Å²) in [6.45, 7) is 7.30. The van der Waals surface area contributed by atoms with E-state index in [1.165, 1.54) is 6.07 Å². The number of carbonyl (C=O) groups excluding carboxylic acids is 1. The molecule has 32 heavy (non-hydrogen) atoms. The molecule has 1 amide bonds. The van der Waals surface area contributed by atoms with Crippen LogP contribution in [0.4, 0.5) is 8.78 Å². The Bertz CT molecular complexity index is 1120. The van der Waals surface area contributed by atoms with Crippen molar-refractivity contribution in [3.05, 3.63) is 77.6 Å². The monoisotopic (exact) mass is 436 g/mol. The van der Waals surface area contributed by atoms with Crippen LogP contribution >= 0.6 is 0 Å². The fourth-order valence-corrected chi connectivity index (χ4v) is 3.99. The van der Waals surface area contributed by atoms with Gasteiger partial charge in [-0.3, -0.25) is 9.78 Å². The fourth-order valence-electron chi connectivity index (χ4n) is 3.99. The van der Waals surface area contributed by atoms with E-state index in [1.807, 2.05) is 18.3 Å². The molecule has 4 rings (SSSR count). The fraction of sp³-hybridized carbons (Fsp3) is 0.360. The van der Waals surface area contributed by atoms with E-state index in [4.69, 9.17) is 4.98 Å². The van der Waals surface area contributed by atoms with Crippen LogP contribution in [0.3, 0.4) is 0 Å². The minimum atomic E-state index is -1.01. The Morgan fingerprint density at radius 2 is 1.72 bits per heavy atom. The zero-order valence-electron chi connectivity index (χ0n) is 18.5. The number of halogens is 2. The second-order valence-corrected chi connectivity index (χ2v) is 9.17. The molecule has 0 aliphatic carbocycles. The maximum Gasteiger partial charge on any atom is 0.253 e. The highest BCUT2D eigenvalue weighted by Gasteiger charge is 2.29. The quantitative estimate of drug-likeness (QED) is 0.571. The predicted octanol–water partition coefficient (Wildman–Crippen LogP) is 5.13. The molecule has 0 spiro atoms. The van der Waals surface area contributed by atoms with Crippen LogP contribution in [-0.2, 0) is 5.41 Å². The highest BCUT2D eigenvalue weighted by atomic mass is 19.2. The molecule has 0 saturated carbocycles. The molecule has 1 saturated heterocycles. The van der Waals surface area contributed by atoms with Crippen molar-refractivity contribution in [2.75, 3.05) is 13.1 Å². The van der Waals surface area contributed by atoms with E-state index in [0.29, 0.717) is 13.1 Å². The van der Waals surface area contributed by atoms with Crippen molar-refractivity contribution in [2.45, 2.75) is 44.9 Å². The molecule has 7 heteroatoms. The SMILES string of the molecule is CC(C)(C)c1ncc(-c2ccncc2)c(C2CCN(C(=O)c3ccc(F)c(F)c3)CC2)n1. The van der Waals surface area contributed by atoms with Crippen molar-refractivity contribution in [2.24, 2.45) is 0 Å². The lowest BCUT2D eigenvalue weighted by atomic mass is 9.87. The number of likely N-dealkylation sites (tertiary alicyclic amines) is 1. The Balaban J connectivity index is 1.58. The zero-order chi connectivity index (χ0) is 22.9. The van der Waals surface area contributed by atoms with Gasteiger partial charge in [-0.25, -0.2) is 18.7 Å². The van der Waals surface area contributed by atoms with Gasteiger partial charge in [0.15, 0.2) is 11.6 Å². The molecule has 1 aromatic carbocycles. The van der Waals surface area contributed by atoms with Gasteiger partial charge >= 0.3 is 0 Å². The standard InChI is InChI=1S/C25H26F2N4O/c1-25(2,3)24-29-15-19(16-6-10-28-11-7-16)22(30-24)17-8-12-31(13-9-17)23(32)18-4-5-20(26)21(27)14-18/h4-7,10-11,14-15,17H,8-9,12-13H2,1-3H3. The number of carbonyl (C=O) groups is 1. The molecule has 166 valence electrons. The summed E-state index contributed by atoms with van der Waals surface area (Å²) in [6.07, 6.45) is 6.85. The van der Waals surface area contributed by atoms with E-state index < -0.39 is 11.6 Å². The number of benzene rings is 1. The topological polar surface area (TPSA) is 59.0 Å². The van der Waals surface area contributed by atoms with Crippen LogP contribution < -0.4 is 0 Å². The van der Waals surface area contributed by atoms with Gasteiger partial charge in [-0.05, 0) is 48.7 Å². The van der Waals surface area contributed by atoms with E-state index in [2.05, 4.69) is 30.7 Å². The van der Waals surface area contributed by atoms with Crippen LogP contribution in [0.5, 0.6) is 0 Å².